The van der Waals surface area contributed by atoms with Gasteiger partial charge in [0.1, 0.15) is 17.3 Å². The van der Waals surface area contributed by atoms with Crippen LogP contribution in [0.4, 0.5) is 5.69 Å². The molecule has 3 aromatic heterocycles. The first kappa shape index (κ1) is 26.1. The van der Waals surface area contributed by atoms with Crippen LogP contribution in [-0.4, -0.2) is 44.7 Å². The van der Waals surface area contributed by atoms with E-state index in [0.29, 0.717) is 24.3 Å². The molecule has 2 N–H and O–H groups in total. The highest BCUT2D eigenvalue weighted by Gasteiger charge is 2.17. The molecule has 3 aromatic carbocycles. The van der Waals surface area contributed by atoms with Crippen LogP contribution in [0.2, 0.25) is 0 Å². The Hall–Kier alpha value is -5.18. The van der Waals surface area contributed by atoms with E-state index >= 15 is 0 Å². The molecule has 6 rings (SSSR count). The van der Waals surface area contributed by atoms with E-state index in [-0.39, 0.29) is 5.91 Å². The minimum Gasteiger partial charge on any atom is -0.497 e. The lowest BCUT2D eigenvalue weighted by atomic mass is 10.1. The molecule has 1 amide bonds. The zero-order valence-corrected chi connectivity index (χ0v) is 23.4. The summed E-state index contributed by atoms with van der Waals surface area (Å²) in [5, 5.41) is 7.84. The maximum absolute atomic E-state index is 12.9. The quantitative estimate of drug-likeness (QED) is 0.237. The van der Waals surface area contributed by atoms with Crippen LogP contribution >= 0.6 is 0 Å². The minimum atomic E-state index is -0.0739. The number of fused-ring (bicyclic) bond motifs is 2. The first-order valence-corrected chi connectivity index (χ1v) is 13.4. The zero-order chi connectivity index (χ0) is 28.5. The molecule has 0 aliphatic heterocycles. The lowest BCUT2D eigenvalue weighted by Gasteiger charge is -2.11. The molecular weight excluding hydrogens is 516 g/mol. The van der Waals surface area contributed by atoms with Gasteiger partial charge in [0.25, 0.3) is 0 Å². The van der Waals surface area contributed by atoms with Gasteiger partial charge in [-0.2, -0.15) is 5.10 Å². The van der Waals surface area contributed by atoms with Gasteiger partial charge < -0.3 is 19.8 Å². The van der Waals surface area contributed by atoms with Crippen LogP contribution in [-0.2, 0) is 11.2 Å². The number of aromatic nitrogens is 5. The molecular formula is C32H30N6O3. The SMILES string of the molecule is COc1ccc(-c2cc3nc(C)c(CCC(=O)Nc4ccc5nc(-c6ccccc6)[nH]c5c4)c(C)n3n2)c(OC)c1. The number of nitrogens with one attached hydrogen (secondary N) is 2. The van der Waals surface area contributed by atoms with Crippen molar-refractivity contribution in [3.63, 3.8) is 0 Å². The first-order valence-electron chi connectivity index (χ1n) is 13.4. The Morgan fingerprint density at radius 2 is 1.78 bits per heavy atom. The molecule has 0 bridgehead atoms. The number of ether oxygens (including phenoxy) is 2. The molecule has 6 aromatic rings. The predicted octanol–water partition coefficient (Wildman–Crippen LogP) is 6.14. The minimum absolute atomic E-state index is 0.0739. The van der Waals surface area contributed by atoms with Crippen LogP contribution in [0.3, 0.4) is 0 Å². The second kappa shape index (κ2) is 10.8. The summed E-state index contributed by atoms with van der Waals surface area (Å²) in [6.07, 6.45) is 0.851. The third kappa shape index (κ3) is 5.09. The van der Waals surface area contributed by atoms with Crippen molar-refractivity contribution in [2.24, 2.45) is 0 Å². The van der Waals surface area contributed by atoms with E-state index in [2.05, 4.69) is 15.3 Å². The summed E-state index contributed by atoms with van der Waals surface area (Å²) < 4.78 is 12.7. The number of amides is 1. The van der Waals surface area contributed by atoms with Gasteiger partial charge in [-0.25, -0.2) is 14.5 Å². The summed E-state index contributed by atoms with van der Waals surface area (Å²) in [5.41, 5.74) is 8.61. The highest BCUT2D eigenvalue weighted by atomic mass is 16.5. The van der Waals surface area contributed by atoms with E-state index in [1.54, 1.807) is 14.2 Å². The molecule has 41 heavy (non-hydrogen) atoms. The van der Waals surface area contributed by atoms with Crippen LogP contribution in [0.5, 0.6) is 11.5 Å². The van der Waals surface area contributed by atoms with Crippen molar-refractivity contribution >= 4 is 28.3 Å². The first-order chi connectivity index (χ1) is 19.9. The number of anilines is 1. The van der Waals surface area contributed by atoms with Gasteiger partial charge in [-0.05, 0) is 56.2 Å². The number of benzene rings is 3. The summed E-state index contributed by atoms with van der Waals surface area (Å²) in [6.45, 7) is 3.98. The van der Waals surface area contributed by atoms with Gasteiger partial charge in [0.05, 0.1) is 30.9 Å². The van der Waals surface area contributed by atoms with Gasteiger partial charge in [-0.15, -0.1) is 0 Å². The number of hydrogen-bond donors (Lipinski definition) is 2. The summed E-state index contributed by atoms with van der Waals surface area (Å²) >= 11 is 0. The molecule has 0 spiro atoms. The maximum Gasteiger partial charge on any atom is 0.224 e. The Morgan fingerprint density at radius 1 is 0.951 bits per heavy atom. The second-order valence-electron chi connectivity index (χ2n) is 9.86. The molecule has 9 nitrogen and oxygen atoms in total. The van der Waals surface area contributed by atoms with Crippen molar-refractivity contribution in [3.05, 3.63) is 89.7 Å². The highest BCUT2D eigenvalue weighted by molar-refractivity contribution is 5.93. The maximum atomic E-state index is 12.9. The van der Waals surface area contributed by atoms with E-state index in [0.717, 1.165) is 62.0 Å². The standard InChI is InChI=1S/C32H30N6O3/c1-19-24(20(2)38-30(33-19)18-27(37-38)25-12-11-23(40-3)17-29(25)41-4)13-15-31(39)34-22-10-14-26-28(16-22)36-32(35-26)21-8-6-5-7-9-21/h5-12,14,16-18H,13,15H2,1-4H3,(H,34,39)(H,35,36). The summed E-state index contributed by atoms with van der Waals surface area (Å²) in [7, 11) is 3.25. The van der Waals surface area contributed by atoms with Gasteiger partial charge >= 0.3 is 0 Å². The van der Waals surface area contributed by atoms with Crippen molar-refractivity contribution in [3.8, 4) is 34.1 Å². The van der Waals surface area contributed by atoms with E-state index in [1.807, 2.05) is 91.2 Å². The lowest BCUT2D eigenvalue weighted by Crippen LogP contribution is -2.14. The van der Waals surface area contributed by atoms with Crippen molar-refractivity contribution in [1.82, 2.24) is 24.6 Å². The van der Waals surface area contributed by atoms with Crippen LogP contribution in [0.1, 0.15) is 23.4 Å². The van der Waals surface area contributed by atoms with Gasteiger partial charge in [-0.3, -0.25) is 4.79 Å². The van der Waals surface area contributed by atoms with Crippen molar-refractivity contribution < 1.29 is 14.3 Å². The second-order valence-corrected chi connectivity index (χ2v) is 9.86. The Labute approximate surface area is 237 Å². The van der Waals surface area contributed by atoms with E-state index in [9.17, 15) is 4.79 Å². The topological polar surface area (TPSA) is 106 Å². The number of methoxy groups -OCH3 is 2. The monoisotopic (exact) mass is 546 g/mol. The normalized spacial score (nSPS) is 11.2. The fourth-order valence-electron chi connectivity index (χ4n) is 5.11. The molecule has 0 radical (unpaired) electrons. The average Bonchev–Trinajstić information content (AvgIpc) is 3.61. The van der Waals surface area contributed by atoms with E-state index < -0.39 is 0 Å². The number of imidazole rings is 1. The van der Waals surface area contributed by atoms with Crippen molar-refractivity contribution in [2.45, 2.75) is 26.7 Å². The van der Waals surface area contributed by atoms with Crippen LogP contribution < -0.4 is 14.8 Å². The smallest absolute Gasteiger partial charge is 0.224 e. The van der Waals surface area contributed by atoms with Crippen LogP contribution in [0.15, 0.2) is 72.8 Å². The van der Waals surface area contributed by atoms with Gasteiger partial charge in [-0.1, -0.05) is 30.3 Å². The molecule has 0 aliphatic carbocycles. The van der Waals surface area contributed by atoms with Crippen LogP contribution in [0, 0.1) is 13.8 Å². The molecule has 3 heterocycles. The highest BCUT2D eigenvalue weighted by Crippen LogP contribution is 2.33. The number of hydrogen-bond acceptors (Lipinski definition) is 6. The predicted molar refractivity (Wildman–Crippen MR) is 159 cm³/mol. The number of rotatable bonds is 8. The fourth-order valence-corrected chi connectivity index (χ4v) is 5.11. The molecule has 0 aliphatic rings. The van der Waals surface area contributed by atoms with Gasteiger partial charge in [0.15, 0.2) is 5.65 Å². The molecule has 0 fully saturated rings. The van der Waals surface area contributed by atoms with E-state index in [4.69, 9.17) is 19.6 Å². The van der Waals surface area contributed by atoms with Crippen molar-refractivity contribution in [2.75, 3.05) is 19.5 Å². The average molecular weight is 547 g/mol. The number of carbonyl (C=O) groups excluding carboxylic acids is 1. The zero-order valence-electron chi connectivity index (χ0n) is 23.4. The molecule has 206 valence electrons. The third-order valence-corrected chi connectivity index (χ3v) is 7.26. The fraction of sp³-hybridized carbons (Fsp3) is 0.188. The molecule has 0 saturated carbocycles. The number of nitrogens with zero attached hydrogens (tertiary/aromatic N) is 4. The number of aryl methyl sites for hydroxylation is 2. The van der Waals surface area contributed by atoms with Gasteiger partial charge in [0.2, 0.25) is 5.91 Å². The van der Waals surface area contributed by atoms with Gasteiger partial charge in [0, 0.05) is 46.8 Å². The Balaban J connectivity index is 1.19. The number of carbonyl (C=O) groups is 1. The molecule has 0 atom stereocenters. The Bertz CT molecular complexity index is 1890. The number of aromatic amines is 1. The van der Waals surface area contributed by atoms with Crippen molar-refractivity contribution in [1.29, 1.82) is 0 Å². The Morgan fingerprint density at radius 3 is 2.56 bits per heavy atom. The van der Waals surface area contributed by atoms with Crippen LogP contribution in [0.25, 0.3) is 39.3 Å². The molecule has 9 heteroatoms. The summed E-state index contributed by atoms with van der Waals surface area (Å²) in [6, 6.07) is 23.2. The largest absolute Gasteiger partial charge is 0.497 e. The number of H-pyrrole nitrogens is 1. The molecule has 0 unspecified atom stereocenters. The molecule has 0 saturated heterocycles. The summed E-state index contributed by atoms with van der Waals surface area (Å²) in [5.74, 6) is 2.10. The lowest BCUT2D eigenvalue weighted by molar-refractivity contribution is -0.116. The summed E-state index contributed by atoms with van der Waals surface area (Å²) in [4.78, 5) is 25.7. The third-order valence-electron chi connectivity index (χ3n) is 7.26. The van der Waals surface area contributed by atoms with E-state index in [1.165, 1.54) is 0 Å². The Kier molecular flexibility index (Phi) is 6.84.